The summed E-state index contributed by atoms with van der Waals surface area (Å²) in [4.78, 5) is 36.3. The number of piperidine rings is 2. The topological polar surface area (TPSA) is 69.3 Å². The zero-order chi connectivity index (χ0) is 17.3. The van der Waals surface area contributed by atoms with E-state index < -0.39 is 0 Å². The molecule has 6 heteroatoms. The first-order valence-corrected chi connectivity index (χ1v) is 9.69. The smallest absolute Gasteiger partial charge is 0.225 e. The average molecular weight is 344 g/mol. The summed E-state index contributed by atoms with van der Waals surface area (Å²) >= 11 is 0. The van der Waals surface area contributed by atoms with Gasteiger partial charge in [-0.2, -0.15) is 0 Å². The van der Waals surface area contributed by atoms with Crippen LogP contribution in [0.3, 0.4) is 0 Å². The van der Waals surface area contributed by atoms with Crippen LogP contribution in [0, 0.1) is 11.3 Å². The maximum absolute atomic E-state index is 12.7. The highest BCUT2D eigenvalue weighted by Crippen LogP contribution is 2.40. The number of nitrogens with zero attached hydrogens (tertiary/aromatic N) is 3. The second kappa shape index (κ2) is 6.81. The van der Waals surface area contributed by atoms with Gasteiger partial charge in [0.15, 0.2) is 0 Å². The minimum absolute atomic E-state index is 0.111. The van der Waals surface area contributed by atoms with Crippen molar-refractivity contribution >= 4 is 11.8 Å². The highest BCUT2D eigenvalue weighted by Gasteiger charge is 2.43. The number of amides is 2. The summed E-state index contributed by atoms with van der Waals surface area (Å²) in [6.45, 7) is 3.28. The molecule has 1 aromatic heterocycles. The van der Waals surface area contributed by atoms with E-state index in [1.54, 1.807) is 6.33 Å². The van der Waals surface area contributed by atoms with E-state index in [1.807, 2.05) is 11.1 Å². The van der Waals surface area contributed by atoms with Crippen molar-refractivity contribution in [3.05, 3.63) is 18.2 Å². The van der Waals surface area contributed by atoms with Gasteiger partial charge in [-0.05, 0) is 32.1 Å². The maximum atomic E-state index is 12.7. The van der Waals surface area contributed by atoms with Crippen LogP contribution in [0.5, 0.6) is 0 Å². The fourth-order valence-electron chi connectivity index (χ4n) is 4.63. The molecule has 1 aromatic rings. The van der Waals surface area contributed by atoms with E-state index >= 15 is 0 Å². The SMILES string of the molecule is O=C1CC[C@@]2(CCCN(C(=O)C3CCC3)C2)CN1CCc1cnc[nH]1. The average Bonchev–Trinajstić information content (AvgIpc) is 3.08. The van der Waals surface area contributed by atoms with Crippen molar-refractivity contribution in [3.63, 3.8) is 0 Å². The number of rotatable bonds is 4. The van der Waals surface area contributed by atoms with E-state index in [0.717, 1.165) is 70.4 Å². The second-order valence-corrected chi connectivity index (χ2v) is 8.13. The van der Waals surface area contributed by atoms with Crippen LogP contribution in [0.15, 0.2) is 12.5 Å². The molecule has 1 atom stereocenters. The van der Waals surface area contributed by atoms with Gasteiger partial charge in [0.1, 0.15) is 0 Å². The van der Waals surface area contributed by atoms with E-state index in [0.29, 0.717) is 12.3 Å². The summed E-state index contributed by atoms with van der Waals surface area (Å²) in [5.41, 5.74) is 1.18. The lowest BCUT2D eigenvalue weighted by atomic mass is 9.73. The first-order valence-electron chi connectivity index (χ1n) is 9.69. The Hall–Kier alpha value is -1.85. The third-order valence-electron chi connectivity index (χ3n) is 6.38. The summed E-state index contributed by atoms with van der Waals surface area (Å²) in [5.74, 6) is 0.899. The Morgan fingerprint density at radius 2 is 2.16 bits per heavy atom. The van der Waals surface area contributed by atoms with Gasteiger partial charge < -0.3 is 14.8 Å². The molecule has 2 aliphatic heterocycles. The monoisotopic (exact) mass is 344 g/mol. The minimum atomic E-state index is 0.111. The van der Waals surface area contributed by atoms with E-state index in [2.05, 4.69) is 14.9 Å². The number of imidazole rings is 1. The molecule has 0 aromatic carbocycles. The lowest BCUT2D eigenvalue weighted by Gasteiger charge is -2.49. The number of aromatic amines is 1. The summed E-state index contributed by atoms with van der Waals surface area (Å²) in [7, 11) is 0. The van der Waals surface area contributed by atoms with Gasteiger partial charge in [0.05, 0.1) is 6.33 Å². The zero-order valence-electron chi connectivity index (χ0n) is 14.9. The molecule has 1 N–H and O–H groups in total. The molecule has 0 radical (unpaired) electrons. The van der Waals surface area contributed by atoms with Crippen LogP contribution in [0.2, 0.25) is 0 Å². The minimum Gasteiger partial charge on any atom is -0.348 e. The Labute approximate surface area is 149 Å². The van der Waals surface area contributed by atoms with Crippen LogP contribution in [0.25, 0.3) is 0 Å². The molecule has 1 aliphatic carbocycles. The molecule has 4 rings (SSSR count). The van der Waals surface area contributed by atoms with E-state index in [1.165, 1.54) is 6.42 Å². The Balaban J connectivity index is 1.39. The molecule has 3 fully saturated rings. The summed E-state index contributed by atoms with van der Waals surface area (Å²) in [6, 6.07) is 0. The number of aromatic nitrogens is 2. The third kappa shape index (κ3) is 3.44. The number of likely N-dealkylation sites (tertiary alicyclic amines) is 2. The Morgan fingerprint density at radius 3 is 2.88 bits per heavy atom. The molecule has 1 spiro atoms. The molecular formula is C19H28N4O2. The molecule has 2 saturated heterocycles. The Bertz CT molecular complexity index is 625. The Morgan fingerprint density at radius 1 is 1.28 bits per heavy atom. The van der Waals surface area contributed by atoms with Gasteiger partial charge in [0, 0.05) is 62.2 Å². The Kier molecular flexibility index (Phi) is 4.52. The molecule has 0 bridgehead atoms. The summed E-state index contributed by atoms with van der Waals surface area (Å²) in [5, 5.41) is 0. The van der Waals surface area contributed by atoms with Crippen molar-refractivity contribution in [3.8, 4) is 0 Å². The zero-order valence-corrected chi connectivity index (χ0v) is 14.9. The fourth-order valence-corrected chi connectivity index (χ4v) is 4.63. The summed E-state index contributed by atoms with van der Waals surface area (Å²) in [6.07, 6.45) is 11.4. The lowest BCUT2D eigenvalue weighted by molar-refractivity contribution is -0.146. The molecule has 6 nitrogen and oxygen atoms in total. The fraction of sp³-hybridized carbons (Fsp3) is 0.737. The van der Waals surface area contributed by atoms with Crippen molar-refractivity contribution in [1.82, 2.24) is 19.8 Å². The molecule has 136 valence electrons. The largest absolute Gasteiger partial charge is 0.348 e. The van der Waals surface area contributed by atoms with E-state index in [4.69, 9.17) is 0 Å². The molecule has 3 heterocycles. The van der Waals surface area contributed by atoms with Gasteiger partial charge >= 0.3 is 0 Å². The highest BCUT2D eigenvalue weighted by atomic mass is 16.2. The molecule has 2 amide bonds. The van der Waals surface area contributed by atoms with E-state index in [-0.39, 0.29) is 17.2 Å². The highest BCUT2D eigenvalue weighted by molar-refractivity contribution is 5.80. The molecule has 1 saturated carbocycles. The molecular weight excluding hydrogens is 316 g/mol. The predicted molar refractivity (Wildman–Crippen MR) is 93.7 cm³/mol. The van der Waals surface area contributed by atoms with Gasteiger partial charge in [0.25, 0.3) is 0 Å². The van der Waals surface area contributed by atoms with Gasteiger partial charge in [-0.15, -0.1) is 0 Å². The summed E-state index contributed by atoms with van der Waals surface area (Å²) < 4.78 is 0. The van der Waals surface area contributed by atoms with Gasteiger partial charge in [-0.25, -0.2) is 4.98 Å². The van der Waals surface area contributed by atoms with Crippen LogP contribution in [0.1, 0.15) is 50.6 Å². The number of carbonyl (C=O) groups is 2. The van der Waals surface area contributed by atoms with Crippen molar-refractivity contribution < 1.29 is 9.59 Å². The third-order valence-corrected chi connectivity index (χ3v) is 6.38. The lowest BCUT2D eigenvalue weighted by Crippen LogP contribution is -2.56. The van der Waals surface area contributed by atoms with Crippen molar-refractivity contribution in [2.24, 2.45) is 11.3 Å². The molecule has 3 aliphatic rings. The molecule has 0 unspecified atom stereocenters. The maximum Gasteiger partial charge on any atom is 0.225 e. The van der Waals surface area contributed by atoms with E-state index in [9.17, 15) is 9.59 Å². The van der Waals surface area contributed by atoms with Gasteiger partial charge in [-0.1, -0.05) is 6.42 Å². The van der Waals surface area contributed by atoms with Crippen LogP contribution in [-0.2, 0) is 16.0 Å². The number of hydrogen-bond acceptors (Lipinski definition) is 3. The van der Waals surface area contributed by atoms with Crippen LogP contribution >= 0.6 is 0 Å². The first kappa shape index (κ1) is 16.6. The standard InChI is InChI=1S/C19H28N4O2/c24-17-5-8-19(12-22(17)10-6-16-11-20-14-21-16)7-2-9-23(13-19)18(25)15-3-1-4-15/h11,14-15H,1-10,12-13H2,(H,20,21)/t19-/m0/s1. The number of H-pyrrole nitrogens is 1. The normalized spacial score (nSPS) is 27.6. The van der Waals surface area contributed by atoms with Crippen LogP contribution < -0.4 is 0 Å². The molecule has 25 heavy (non-hydrogen) atoms. The quantitative estimate of drug-likeness (QED) is 0.908. The van der Waals surface area contributed by atoms with Gasteiger partial charge in [-0.3, -0.25) is 9.59 Å². The van der Waals surface area contributed by atoms with Crippen molar-refractivity contribution in [2.45, 2.75) is 51.4 Å². The van der Waals surface area contributed by atoms with Crippen LogP contribution in [0.4, 0.5) is 0 Å². The predicted octanol–water partition coefficient (Wildman–Crippen LogP) is 1.98. The van der Waals surface area contributed by atoms with Gasteiger partial charge in [0.2, 0.25) is 11.8 Å². The number of carbonyl (C=O) groups excluding carboxylic acids is 2. The van der Waals surface area contributed by atoms with Crippen molar-refractivity contribution in [2.75, 3.05) is 26.2 Å². The first-order chi connectivity index (χ1) is 12.2. The number of hydrogen-bond donors (Lipinski definition) is 1. The van der Waals surface area contributed by atoms with Crippen LogP contribution in [-0.4, -0.2) is 57.8 Å². The number of nitrogens with one attached hydrogen (secondary N) is 1. The van der Waals surface area contributed by atoms with Crippen molar-refractivity contribution in [1.29, 1.82) is 0 Å². The second-order valence-electron chi connectivity index (χ2n) is 8.13.